The highest BCUT2D eigenvalue weighted by Gasteiger charge is 2.15. The molecule has 0 saturated carbocycles. The fourth-order valence-corrected chi connectivity index (χ4v) is 1.37. The number of benzene rings is 1. The minimum absolute atomic E-state index is 0.0180. The van der Waals surface area contributed by atoms with Crippen molar-refractivity contribution in [3.8, 4) is 5.75 Å². The van der Waals surface area contributed by atoms with E-state index in [9.17, 15) is 9.90 Å². The van der Waals surface area contributed by atoms with E-state index in [1.807, 2.05) is 0 Å². The number of aromatic hydroxyl groups is 1. The Bertz CT molecular complexity index is 377. The summed E-state index contributed by atoms with van der Waals surface area (Å²) < 4.78 is 0. The third-order valence-electron chi connectivity index (χ3n) is 1.61. The molecule has 1 aromatic rings. The van der Waals surface area contributed by atoms with E-state index in [0.717, 1.165) is 0 Å². The number of Topliss-reactive ketones (excluding diaryl/α,β-unsaturated/α-hetero) is 1. The Morgan fingerprint density at radius 3 is 2.54 bits per heavy atom. The molecule has 0 heterocycles. The Hall–Kier alpha value is -0.930. The first kappa shape index (κ1) is 10.2. The number of nitrogen functional groups attached to an aromatic ring is 1. The molecule has 0 aliphatic heterocycles. The number of halogens is 2. The summed E-state index contributed by atoms with van der Waals surface area (Å²) in [6.07, 6.45) is 0. The minimum Gasteiger partial charge on any atom is -0.505 e. The number of anilines is 1. The van der Waals surface area contributed by atoms with Gasteiger partial charge in [-0.2, -0.15) is 0 Å². The Labute approximate surface area is 85.1 Å². The average Bonchev–Trinajstić information content (AvgIpc) is 2.07. The predicted octanol–water partition coefficient (Wildman–Crippen LogP) is 2.48. The van der Waals surface area contributed by atoms with Gasteiger partial charge < -0.3 is 10.8 Å². The summed E-state index contributed by atoms with van der Waals surface area (Å²) in [6.45, 7) is 1.34. The lowest BCUT2D eigenvalue weighted by Crippen LogP contribution is -2.00. The van der Waals surface area contributed by atoms with Gasteiger partial charge in [0.15, 0.2) is 11.5 Å². The van der Waals surface area contributed by atoms with Gasteiger partial charge in [0.2, 0.25) is 0 Å². The van der Waals surface area contributed by atoms with Crippen LogP contribution in [0.25, 0.3) is 0 Å². The number of carbonyl (C=O) groups is 1. The third-order valence-corrected chi connectivity index (χ3v) is 2.28. The van der Waals surface area contributed by atoms with Gasteiger partial charge in [-0.05, 0) is 13.0 Å². The maximum absolute atomic E-state index is 11.0. The fourth-order valence-electron chi connectivity index (χ4n) is 0.915. The summed E-state index contributed by atoms with van der Waals surface area (Å²) in [4.78, 5) is 11.0. The molecular formula is C8H7Cl2NO2. The van der Waals surface area contributed by atoms with Crippen molar-refractivity contribution in [1.82, 2.24) is 0 Å². The molecule has 0 unspecified atom stereocenters. The van der Waals surface area contributed by atoms with Crippen molar-refractivity contribution in [2.75, 3.05) is 5.73 Å². The van der Waals surface area contributed by atoms with Crippen LogP contribution in [0.3, 0.4) is 0 Å². The normalized spacial score (nSPS) is 10.1. The second kappa shape index (κ2) is 3.44. The number of phenolic OH excluding ortho intramolecular Hbond substituents is 1. The van der Waals surface area contributed by atoms with Crippen molar-refractivity contribution < 1.29 is 9.90 Å². The molecule has 0 atom stereocenters. The average molecular weight is 220 g/mol. The molecule has 3 N–H and O–H groups in total. The van der Waals surface area contributed by atoms with E-state index in [0.29, 0.717) is 0 Å². The van der Waals surface area contributed by atoms with E-state index in [4.69, 9.17) is 28.9 Å². The molecule has 1 aromatic carbocycles. The number of hydrogen-bond donors (Lipinski definition) is 2. The molecule has 0 aromatic heterocycles. The summed E-state index contributed by atoms with van der Waals surface area (Å²) in [5, 5.41) is 9.17. The Kier molecular flexibility index (Phi) is 2.68. The Morgan fingerprint density at radius 1 is 1.54 bits per heavy atom. The van der Waals surface area contributed by atoms with Gasteiger partial charge in [-0.25, -0.2) is 0 Å². The molecule has 0 spiro atoms. The molecule has 13 heavy (non-hydrogen) atoms. The third kappa shape index (κ3) is 1.71. The first-order valence-electron chi connectivity index (χ1n) is 3.42. The lowest BCUT2D eigenvalue weighted by atomic mass is 10.1. The molecule has 5 heteroatoms. The second-order valence-electron chi connectivity index (χ2n) is 2.54. The first-order chi connectivity index (χ1) is 5.95. The fraction of sp³-hybridized carbons (Fsp3) is 0.125. The summed E-state index contributed by atoms with van der Waals surface area (Å²) >= 11 is 11.2. The molecule has 70 valence electrons. The molecule has 0 fully saturated rings. The Balaban J connectivity index is 3.50. The molecule has 0 saturated heterocycles. The van der Waals surface area contributed by atoms with Gasteiger partial charge in [0.25, 0.3) is 0 Å². The highest BCUT2D eigenvalue weighted by Crippen LogP contribution is 2.38. The predicted molar refractivity (Wildman–Crippen MR) is 52.5 cm³/mol. The van der Waals surface area contributed by atoms with Crippen LogP contribution in [0, 0.1) is 0 Å². The lowest BCUT2D eigenvalue weighted by molar-refractivity contribution is 0.101. The smallest absolute Gasteiger partial charge is 0.161 e. The van der Waals surface area contributed by atoms with E-state index in [-0.39, 0.29) is 32.8 Å². The number of rotatable bonds is 1. The van der Waals surface area contributed by atoms with E-state index < -0.39 is 0 Å². The van der Waals surface area contributed by atoms with Gasteiger partial charge in [0, 0.05) is 5.56 Å². The van der Waals surface area contributed by atoms with Gasteiger partial charge in [0.1, 0.15) is 5.02 Å². The lowest BCUT2D eigenvalue weighted by Gasteiger charge is -2.07. The van der Waals surface area contributed by atoms with Crippen LogP contribution in [0.4, 0.5) is 5.69 Å². The van der Waals surface area contributed by atoms with Crippen molar-refractivity contribution in [3.05, 3.63) is 21.7 Å². The molecule has 0 amide bonds. The van der Waals surface area contributed by atoms with E-state index >= 15 is 0 Å². The van der Waals surface area contributed by atoms with Gasteiger partial charge in [-0.3, -0.25) is 4.79 Å². The van der Waals surface area contributed by atoms with Crippen LogP contribution in [0.15, 0.2) is 6.07 Å². The highest BCUT2D eigenvalue weighted by atomic mass is 35.5. The summed E-state index contributed by atoms with van der Waals surface area (Å²) in [6, 6.07) is 1.29. The van der Waals surface area contributed by atoms with Crippen molar-refractivity contribution in [2.24, 2.45) is 0 Å². The zero-order valence-electron chi connectivity index (χ0n) is 6.77. The molecule has 1 rings (SSSR count). The van der Waals surface area contributed by atoms with Crippen molar-refractivity contribution in [2.45, 2.75) is 6.92 Å². The number of hydrogen-bond acceptors (Lipinski definition) is 3. The number of nitrogens with two attached hydrogens (primary N) is 1. The molecular weight excluding hydrogens is 213 g/mol. The largest absolute Gasteiger partial charge is 0.505 e. The molecule has 0 aliphatic rings. The summed E-state index contributed by atoms with van der Waals surface area (Å²) in [5.41, 5.74) is 5.75. The first-order valence-corrected chi connectivity index (χ1v) is 4.18. The van der Waals surface area contributed by atoms with E-state index in [2.05, 4.69) is 0 Å². The second-order valence-corrected chi connectivity index (χ2v) is 3.32. The van der Waals surface area contributed by atoms with Crippen LogP contribution in [-0.2, 0) is 0 Å². The van der Waals surface area contributed by atoms with Crippen LogP contribution >= 0.6 is 23.2 Å². The maximum Gasteiger partial charge on any atom is 0.161 e. The van der Waals surface area contributed by atoms with E-state index in [1.54, 1.807) is 0 Å². The van der Waals surface area contributed by atoms with Crippen LogP contribution < -0.4 is 5.73 Å². The maximum atomic E-state index is 11.0. The molecule has 0 radical (unpaired) electrons. The number of carbonyl (C=O) groups excluding carboxylic acids is 1. The SMILES string of the molecule is CC(=O)c1cc(Cl)c(O)c(Cl)c1N. The van der Waals surface area contributed by atoms with Gasteiger partial charge in [0.05, 0.1) is 10.7 Å². The monoisotopic (exact) mass is 219 g/mol. The number of ketones is 1. The summed E-state index contributed by atoms with van der Waals surface area (Å²) in [7, 11) is 0. The van der Waals surface area contributed by atoms with Crippen LogP contribution in [0.2, 0.25) is 10.0 Å². The topological polar surface area (TPSA) is 63.3 Å². The molecule has 0 aliphatic carbocycles. The van der Waals surface area contributed by atoms with Crippen LogP contribution in [0.5, 0.6) is 5.75 Å². The number of phenols is 1. The minimum atomic E-state index is -0.300. The summed E-state index contributed by atoms with van der Waals surface area (Å²) in [5.74, 6) is -0.549. The Morgan fingerprint density at radius 2 is 2.08 bits per heavy atom. The zero-order valence-corrected chi connectivity index (χ0v) is 8.28. The quantitative estimate of drug-likeness (QED) is 0.564. The van der Waals surface area contributed by atoms with Gasteiger partial charge >= 0.3 is 0 Å². The molecule has 3 nitrogen and oxygen atoms in total. The van der Waals surface area contributed by atoms with Gasteiger partial charge in [-0.1, -0.05) is 23.2 Å². The molecule has 0 bridgehead atoms. The van der Waals surface area contributed by atoms with Crippen LogP contribution in [0.1, 0.15) is 17.3 Å². The van der Waals surface area contributed by atoms with Crippen LogP contribution in [-0.4, -0.2) is 10.9 Å². The highest BCUT2D eigenvalue weighted by molar-refractivity contribution is 6.39. The van der Waals surface area contributed by atoms with Gasteiger partial charge in [-0.15, -0.1) is 0 Å². The van der Waals surface area contributed by atoms with Crippen molar-refractivity contribution >= 4 is 34.7 Å². The zero-order chi connectivity index (χ0) is 10.2. The standard InChI is InChI=1S/C8H7Cl2NO2/c1-3(12)4-2-5(9)8(13)6(10)7(4)11/h2,13H,11H2,1H3. The van der Waals surface area contributed by atoms with Crippen molar-refractivity contribution in [3.63, 3.8) is 0 Å². The van der Waals surface area contributed by atoms with Crippen molar-refractivity contribution in [1.29, 1.82) is 0 Å². The van der Waals surface area contributed by atoms with E-state index in [1.165, 1.54) is 13.0 Å².